The first-order valence-corrected chi connectivity index (χ1v) is 10.2. The molecule has 0 bridgehead atoms. The SMILES string of the molecule is Cc1cc([N+](=O)[O-])cc(S(=O)(=O)N2C[C@@H](CN)[C@H](c3ccccc3)C2)c1C. The van der Waals surface area contributed by atoms with Crippen LogP contribution >= 0.6 is 0 Å². The van der Waals surface area contributed by atoms with Crippen LogP contribution in [0.2, 0.25) is 0 Å². The van der Waals surface area contributed by atoms with Crippen LogP contribution in [0.25, 0.3) is 0 Å². The van der Waals surface area contributed by atoms with Crippen LogP contribution in [0.5, 0.6) is 0 Å². The third-order valence-corrected chi connectivity index (χ3v) is 7.33. The Balaban J connectivity index is 2.00. The minimum absolute atomic E-state index is 0.00122. The molecule has 1 aliphatic rings. The number of nitrogens with zero attached hydrogens (tertiary/aromatic N) is 2. The van der Waals surface area contributed by atoms with Gasteiger partial charge in [0.2, 0.25) is 10.0 Å². The van der Waals surface area contributed by atoms with E-state index < -0.39 is 14.9 Å². The normalized spacial score (nSPS) is 20.7. The van der Waals surface area contributed by atoms with Crippen molar-refractivity contribution in [2.75, 3.05) is 19.6 Å². The summed E-state index contributed by atoms with van der Waals surface area (Å²) in [7, 11) is -3.86. The molecule has 2 N–H and O–H groups in total. The second-order valence-corrected chi connectivity index (χ2v) is 8.88. The van der Waals surface area contributed by atoms with E-state index in [-0.39, 0.29) is 22.4 Å². The number of hydrogen-bond donors (Lipinski definition) is 1. The van der Waals surface area contributed by atoms with Crippen LogP contribution in [0.1, 0.15) is 22.6 Å². The third-order valence-electron chi connectivity index (χ3n) is 5.37. The Labute approximate surface area is 159 Å². The van der Waals surface area contributed by atoms with Crippen LogP contribution < -0.4 is 5.73 Å². The number of aryl methyl sites for hydroxylation is 1. The Bertz CT molecular complexity index is 960. The molecule has 1 saturated heterocycles. The molecule has 0 aliphatic carbocycles. The minimum Gasteiger partial charge on any atom is -0.330 e. The monoisotopic (exact) mass is 389 g/mol. The number of nitro groups is 1. The van der Waals surface area contributed by atoms with Gasteiger partial charge in [-0.15, -0.1) is 0 Å². The van der Waals surface area contributed by atoms with Gasteiger partial charge in [-0.1, -0.05) is 30.3 Å². The number of nitro benzene ring substituents is 1. The molecule has 2 aromatic rings. The molecule has 3 rings (SSSR count). The third kappa shape index (κ3) is 3.60. The predicted molar refractivity (Wildman–Crippen MR) is 103 cm³/mol. The highest BCUT2D eigenvalue weighted by Crippen LogP contribution is 2.36. The van der Waals surface area contributed by atoms with Gasteiger partial charge < -0.3 is 5.73 Å². The molecule has 0 radical (unpaired) electrons. The zero-order valence-electron chi connectivity index (χ0n) is 15.3. The van der Waals surface area contributed by atoms with Crippen LogP contribution in [-0.2, 0) is 10.0 Å². The Kier molecular flexibility index (Phi) is 5.32. The lowest BCUT2D eigenvalue weighted by Crippen LogP contribution is -2.30. The van der Waals surface area contributed by atoms with Crippen LogP contribution in [-0.4, -0.2) is 37.3 Å². The van der Waals surface area contributed by atoms with Gasteiger partial charge in [0.15, 0.2) is 0 Å². The van der Waals surface area contributed by atoms with Gasteiger partial charge >= 0.3 is 0 Å². The summed E-state index contributed by atoms with van der Waals surface area (Å²) in [5, 5.41) is 11.2. The molecule has 27 heavy (non-hydrogen) atoms. The second-order valence-electron chi connectivity index (χ2n) is 6.98. The van der Waals surface area contributed by atoms with Gasteiger partial charge in [0.1, 0.15) is 0 Å². The van der Waals surface area contributed by atoms with Gasteiger partial charge in [-0.05, 0) is 43.0 Å². The molecule has 0 aromatic heterocycles. The maximum absolute atomic E-state index is 13.3. The van der Waals surface area contributed by atoms with E-state index in [1.807, 2.05) is 30.3 Å². The molecule has 0 spiro atoms. The molecule has 7 nitrogen and oxygen atoms in total. The fourth-order valence-electron chi connectivity index (χ4n) is 3.67. The quantitative estimate of drug-likeness (QED) is 0.625. The highest BCUT2D eigenvalue weighted by Gasteiger charge is 2.40. The first kappa shape index (κ1) is 19.5. The molecule has 2 atom stereocenters. The first-order chi connectivity index (χ1) is 12.8. The zero-order valence-corrected chi connectivity index (χ0v) is 16.1. The highest BCUT2D eigenvalue weighted by molar-refractivity contribution is 7.89. The van der Waals surface area contributed by atoms with E-state index in [1.54, 1.807) is 13.8 Å². The van der Waals surface area contributed by atoms with E-state index in [0.29, 0.717) is 30.8 Å². The molecule has 1 aliphatic heterocycles. The molecule has 8 heteroatoms. The standard InChI is InChI=1S/C19H23N3O4S/c1-13-8-17(22(23)24)9-19(14(13)2)27(25,26)21-11-16(10-20)18(12-21)15-6-4-3-5-7-15/h3-9,16,18H,10-12,20H2,1-2H3/t16-,18+/m1/s1. The minimum atomic E-state index is -3.86. The van der Waals surface area contributed by atoms with Gasteiger partial charge in [0.05, 0.1) is 9.82 Å². The Morgan fingerprint density at radius 2 is 1.85 bits per heavy atom. The average molecular weight is 389 g/mol. The Hall–Kier alpha value is -2.29. The van der Waals surface area contributed by atoms with Gasteiger partial charge in [-0.3, -0.25) is 10.1 Å². The Morgan fingerprint density at radius 1 is 1.19 bits per heavy atom. The van der Waals surface area contributed by atoms with Crippen LogP contribution in [0.15, 0.2) is 47.4 Å². The number of rotatable bonds is 5. The molecule has 0 unspecified atom stereocenters. The van der Waals surface area contributed by atoms with Gasteiger partial charge in [-0.2, -0.15) is 4.31 Å². The predicted octanol–water partition coefficient (Wildman–Crippen LogP) is 2.57. The molecule has 1 fully saturated rings. The molecular weight excluding hydrogens is 366 g/mol. The lowest BCUT2D eigenvalue weighted by Gasteiger charge is -2.19. The van der Waals surface area contributed by atoms with Crippen molar-refractivity contribution in [3.63, 3.8) is 0 Å². The number of sulfonamides is 1. The maximum atomic E-state index is 13.3. The number of non-ortho nitro benzene ring substituents is 1. The molecule has 2 aromatic carbocycles. The van der Waals surface area contributed by atoms with Crippen molar-refractivity contribution < 1.29 is 13.3 Å². The van der Waals surface area contributed by atoms with Crippen molar-refractivity contribution in [2.24, 2.45) is 11.7 Å². The van der Waals surface area contributed by atoms with E-state index in [9.17, 15) is 18.5 Å². The van der Waals surface area contributed by atoms with Crippen LogP contribution in [0.3, 0.4) is 0 Å². The van der Waals surface area contributed by atoms with Crippen molar-refractivity contribution in [1.29, 1.82) is 0 Å². The topological polar surface area (TPSA) is 107 Å². The molecular formula is C19H23N3O4S. The lowest BCUT2D eigenvalue weighted by atomic mass is 9.89. The van der Waals surface area contributed by atoms with E-state index in [2.05, 4.69) is 0 Å². The molecule has 0 saturated carbocycles. The summed E-state index contributed by atoms with van der Waals surface area (Å²) in [5.41, 5.74) is 7.87. The average Bonchev–Trinajstić information content (AvgIpc) is 3.09. The van der Waals surface area contributed by atoms with Crippen molar-refractivity contribution in [3.8, 4) is 0 Å². The van der Waals surface area contributed by atoms with Crippen LogP contribution in [0.4, 0.5) is 5.69 Å². The van der Waals surface area contributed by atoms with E-state index in [0.717, 1.165) is 11.6 Å². The number of nitrogens with two attached hydrogens (primary N) is 1. The van der Waals surface area contributed by atoms with Gasteiger partial charge in [0, 0.05) is 31.1 Å². The smallest absolute Gasteiger partial charge is 0.271 e. The Morgan fingerprint density at radius 3 is 2.44 bits per heavy atom. The molecule has 1 heterocycles. The summed E-state index contributed by atoms with van der Waals surface area (Å²) in [5.74, 6) is 0.00773. The molecule has 144 valence electrons. The lowest BCUT2D eigenvalue weighted by molar-refractivity contribution is -0.385. The number of hydrogen-bond acceptors (Lipinski definition) is 5. The summed E-state index contributed by atoms with van der Waals surface area (Å²) in [4.78, 5) is 10.6. The van der Waals surface area contributed by atoms with E-state index in [4.69, 9.17) is 5.73 Å². The van der Waals surface area contributed by atoms with E-state index in [1.165, 1.54) is 10.4 Å². The second kappa shape index (κ2) is 7.38. The maximum Gasteiger partial charge on any atom is 0.271 e. The zero-order chi connectivity index (χ0) is 19.8. The fraction of sp³-hybridized carbons (Fsp3) is 0.368. The summed E-state index contributed by atoms with van der Waals surface area (Å²) in [6.45, 7) is 4.35. The number of benzene rings is 2. The largest absolute Gasteiger partial charge is 0.330 e. The van der Waals surface area contributed by atoms with E-state index >= 15 is 0 Å². The van der Waals surface area contributed by atoms with Gasteiger partial charge in [-0.25, -0.2) is 8.42 Å². The van der Waals surface area contributed by atoms with Crippen molar-refractivity contribution in [1.82, 2.24) is 4.31 Å². The summed E-state index contributed by atoms with van der Waals surface area (Å²) in [6.07, 6.45) is 0. The van der Waals surface area contributed by atoms with Crippen molar-refractivity contribution >= 4 is 15.7 Å². The molecule has 0 amide bonds. The summed E-state index contributed by atoms with van der Waals surface area (Å²) >= 11 is 0. The highest BCUT2D eigenvalue weighted by atomic mass is 32.2. The van der Waals surface area contributed by atoms with Crippen molar-refractivity contribution in [2.45, 2.75) is 24.7 Å². The van der Waals surface area contributed by atoms with Crippen LogP contribution in [0, 0.1) is 29.9 Å². The van der Waals surface area contributed by atoms with Crippen molar-refractivity contribution in [3.05, 3.63) is 69.3 Å². The summed E-state index contributed by atoms with van der Waals surface area (Å²) < 4.78 is 28.0. The fourth-order valence-corrected chi connectivity index (χ4v) is 5.51. The van der Waals surface area contributed by atoms with Gasteiger partial charge in [0.25, 0.3) is 5.69 Å². The summed E-state index contributed by atoms with van der Waals surface area (Å²) in [6, 6.07) is 12.3. The first-order valence-electron chi connectivity index (χ1n) is 8.76.